The van der Waals surface area contributed by atoms with E-state index in [1.807, 2.05) is 51.9 Å². The van der Waals surface area contributed by atoms with Crippen LogP contribution in [0, 0.1) is 0 Å². The lowest BCUT2D eigenvalue weighted by Crippen LogP contribution is -2.26. The zero-order valence-corrected chi connectivity index (χ0v) is 13.0. The Kier molecular flexibility index (Phi) is 5.44. The van der Waals surface area contributed by atoms with Gasteiger partial charge in [-0.3, -0.25) is 13.7 Å². The first-order chi connectivity index (χ1) is 10.1. The second kappa shape index (κ2) is 7.31. The molecule has 0 saturated heterocycles. The van der Waals surface area contributed by atoms with Gasteiger partial charge in [0.1, 0.15) is 0 Å². The van der Waals surface area contributed by atoms with E-state index in [0.717, 1.165) is 16.9 Å². The van der Waals surface area contributed by atoms with Crippen molar-refractivity contribution in [2.75, 3.05) is 4.67 Å². The Balaban J connectivity index is 2.05. The summed E-state index contributed by atoms with van der Waals surface area (Å²) in [6, 6.07) is 17.2. The lowest BCUT2D eigenvalue weighted by molar-refractivity contribution is -0.118. The molecular weight excluding hydrogens is 307 g/mol. The van der Waals surface area contributed by atoms with Gasteiger partial charge in [-0.05, 0) is 39.2 Å². The van der Waals surface area contributed by atoms with E-state index in [2.05, 4.69) is 9.39 Å². The van der Waals surface area contributed by atoms with Crippen LogP contribution in [0.2, 0.25) is 0 Å². The molecular formula is C14H14N2O3PS-. The average molecular weight is 321 g/mol. The second-order valence-corrected chi connectivity index (χ2v) is 5.50. The highest BCUT2D eigenvalue weighted by Gasteiger charge is 2.06. The number of carbonyl (C=O) groups is 1. The number of anilines is 2. The molecule has 0 heterocycles. The lowest BCUT2D eigenvalue weighted by atomic mass is 10.1. The summed E-state index contributed by atoms with van der Waals surface area (Å²) in [6.07, 6.45) is 0.0243. The number of hydrogen-bond donors (Lipinski definition) is 1. The Bertz CT molecular complexity index is 634. The SMILES string of the molecule is O=C(Cc1ccc(N(P)c2ccccc2)cc1)NS(=O)[O-]. The Hall–Kier alpha value is -1.75. The lowest BCUT2D eigenvalue weighted by Gasteiger charge is -2.19. The fraction of sp³-hybridized carbons (Fsp3) is 0.0714. The molecule has 7 heteroatoms. The van der Waals surface area contributed by atoms with Gasteiger partial charge in [-0.2, -0.15) is 0 Å². The van der Waals surface area contributed by atoms with E-state index in [-0.39, 0.29) is 6.42 Å². The molecule has 0 aliphatic carbocycles. The number of hydrogen-bond acceptors (Lipinski definition) is 4. The number of nitrogens with one attached hydrogen (secondary N) is 1. The molecule has 21 heavy (non-hydrogen) atoms. The van der Waals surface area contributed by atoms with E-state index in [4.69, 9.17) is 0 Å². The van der Waals surface area contributed by atoms with Crippen molar-refractivity contribution in [1.29, 1.82) is 0 Å². The molecule has 2 aromatic rings. The minimum absolute atomic E-state index is 0.0243. The van der Waals surface area contributed by atoms with Crippen LogP contribution in [-0.2, 0) is 22.5 Å². The van der Waals surface area contributed by atoms with Crippen molar-refractivity contribution in [2.45, 2.75) is 6.42 Å². The molecule has 2 unspecified atom stereocenters. The van der Waals surface area contributed by atoms with Crippen LogP contribution in [0.3, 0.4) is 0 Å². The van der Waals surface area contributed by atoms with Crippen LogP contribution in [0.15, 0.2) is 54.6 Å². The highest BCUT2D eigenvalue weighted by atomic mass is 32.2. The number of carbonyl (C=O) groups excluding carboxylic acids is 1. The van der Waals surface area contributed by atoms with Crippen molar-refractivity contribution in [1.82, 2.24) is 4.72 Å². The van der Waals surface area contributed by atoms with Crippen LogP contribution in [0.25, 0.3) is 0 Å². The summed E-state index contributed by atoms with van der Waals surface area (Å²) < 4.78 is 24.5. The van der Waals surface area contributed by atoms with Crippen LogP contribution in [-0.4, -0.2) is 14.7 Å². The molecule has 0 spiro atoms. The first-order valence-corrected chi connectivity index (χ1v) is 7.73. The second-order valence-electron chi connectivity index (χ2n) is 4.31. The number of nitrogens with zero attached hydrogens (tertiary/aromatic N) is 1. The van der Waals surface area contributed by atoms with Crippen molar-refractivity contribution < 1.29 is 13.6 Å². The largest absolute Gasteiger partial charge is 0.755 e. The topological polar surface area (TPSA) is 72.5 Å². The molecule has 1 amide bonds. The maximum atomic E-state index is 11.3. The van der Waals surface area contributed by atoms with Crippen molar-refractivity contribution in [3.05, 3.63) is 60.2 Å². The third-order valence-corrected chi connectivity index (χ3v) is 3.80. The predicted molar refractivity (Wildman–Crippen MR) is 85.5 cm³/mol. The monoisotopic (exact) mass is 321 g/mol. The van der Waals surface area contributed by atoms with E-state index < -0.39 is 17.2 Å². The minimum atomic E-state index is -2.57. The summed E-state index contributed by atoms with van der Waals surface area (Å²) in [5.41, 5.74) is 2.71. The van der Waals surface area contributed by atoms with Gasteiger partial charge in [0.2, 0.25) is 5.91 Å². The molecule has 110 valence electrons. The molecule has 2 atom stereocenters. The van der Waals surface area contributed by atoms with Gasteiger partial charge in [-0.1, -0.05) is 30.3 Å². The van der Waals surface area contributed by atoms with Crippen LogP contribution < -0.4 is 9.39 Å². The molecule has 0 aromatic heterocycles. The normalized spacial score (nSPS) is 11.7. The van der Waals surface area contributed by atoms with Crippen molar-refractivity contribution in [2.24, 2.45) is 0 Å². The van der Waals surface area contributed by atoms with E-state index in [1.165, 1.54) is 0 Å². The zero-order chi connectivity index (χ0) is 15.2. The Labute approximate surface area is 128 Å². The van der Waals surface area contributed by atoms with E-state index in [1.54, 1.807) is 12.1 Å². The zero-order valence-electron chi connectivity index (χ0n) is 11.1. The fourth-order valence-corrected chi connectivity index (χ4v) is 2.43. The van der Waals surface area contributed by atoms with Crippen molar-refractivity contribution >= 4 is 37.9 Å². The molecule has 0 radical (unpaired) electrons. The summed E-state index contributed by atoms with van der Waals surface area (Å²) in [7, 11) is 2.63. The van der Waals surface area contributed by atoms with Gasteiger partial charge in [0, 0.05) is 22.6 Å². The van der Waals surface area contributed by atoms with Gasteiger partial charge in [-0.25, -0.2) is 0 Å². The molecule has 0 aliphatic rings. The minimum Gasteiger partial charge on any atom is -0.755 e. The van der Waals surface area contributed by atoms with Gasteiger partial charge >= 0.3 is 0 Å². The van der Waals surface area contributed by atoms with Gasteiger partial charge in [0.05, 0.1) is 6.42 Å². The van der Waals surface area contributed by atoms with Gasteiger partial charge in [0.25, 0.3) is 0 Å². The standard InChI is InChI=1S/C14H15N2O3PS/c17-14(15-21(18)19)10-11-6-8-13(9-7-11)16(20)12-4-2-1-3-5-12/h1-9H,10,20H2,(H,15,17)(H,18,19)/p-1. The van der Waals surface area contributed by atoms with E-state index >= 15 is 0 Å². The third kappa shape index (κ3) is 4.63. The van der Waals surface area contributed by atoms with Gasteiger partial charge < -0.3 is 9.22 Å². The Morgan fingerprint density at radius 1 is 1.10 bits per heavy atom. The van der Waals surface area contributed by atoms with Gasteiger partial charge in [0.15, 0.2) is 0 Å². The number of para-hydroxylation sites is 1. The summed E-state index contributed by atoms with van der Waals surface area (Å²) >= 11 is -2.57. The average Bonchev–Trinajstić information content (AvgIpc) is 2.47. The number of benzene rings is 2. The Morgan fingerprint density at radius 3 is 2.24 bits per heavy atom. The molecule has 0 aliphatic heterocycles. The molecule has 5 nitrogen and oxygen atoms in total. The third-order valence-electron chi connectivity index (χ3n) is 2.81. The summed E-state index contributed by atoms with van der Waals surface area (Å²) in [5, 5.41) is 0. The van der Waals surface area contributed by atoms with Crippen LogP contribution in [0.5, 0.6) is 0 Å². The smallest absolute Gasteiger partial charge is 0.235 e. The van der Waals surface area contributed by atoms with Gasteiger partial charge in [-0.15, -0.1) is 0 Å². The first kappa shape index (κ1) is 15.6. The quantitative estimate of drug-likeness (QED) is 0.676. The highest BCUT2D eigenvalue weighted by molar-refractivity contribution is 7.77. The predicted octanol–water partition coefficient (Wildman–Crippen LogP) is 2.07. The number of amides is 1. The first-order valence-electron chi connectivity index (χ1n) is 6.14. The molecule has 0 saturated carbocycles. The molecule has 0 fully saturated rings. The summed E-state index contributed by atoms with van der Waals surface area (Å²) in [5.74, 6) is -0.554. The molecule has 2 rings (SSSR count). The van der Waals surface area contributed by atoms with Crippen LogP contribution in [0.4, 0.5) is 11.4 Å². The number of rotatable bonds is 5. The van der Waals surface area contributed by atoms with Crippen molar-refractivity contribution in [3.63, 3.8) is 0 Å². The van der Waals surface area contributed by atoms with Crippen molar-refractivity contribution in [3.8, 4) is 0 Å². The van der Waals surface area contributed by atoms with E-state index in [9.17, 15) is 13.6 Å². The Morgan fingerprint density at radius 2 is 1.67 bits per heavy atom. The van der Waals surface area contributed by atoms with Crippen LogP contribution >= 0.6 is 9.39 Å². The van der Waals surface area contributed by atoms with E-state index in [0.29, 0.717) is 0 Å². The van der Waals surface area contributed by atoms with Crippen LogP contribution in [0.1, 0.15) is 5.56 Å². The highest BCUT2D eigenvalue weighted by Crippen LogP contribution is 2.28. The maximum absolute atomic E-state index is 11.3. The molecule has 2 aromatic carbocycles. The molecule has 1 N–H and O–H groups in total. The summed E-state index contributed by atoms with van der Waals surface area (Å²) in [6.45, 7) is 0. The maximum Gasteiger partial charge on any atom is 0.235 e. The molecule has 0 bridgehead atoms. The summed E-state index contributed by atoms with van der Waals surface area (Å²) in [4.78, 5) is 11.3. The fourth-order valence-electron chi connectivity index (χ4n) is 1.83.